The summed E-state index contributed by atoms with van der Waals surface area (Å²) in [5, 5.41) is 22.5. The SMILES string of the molecule is CC(C)(/C=C/C(=O)Nc1ccccc1N)[C@@H](O)c1ccc(O)cc1. The van der Waals surface area contributed by atoms with Crippen molar-refractivity contribution in [3.8, 4) is 5.75 Å². The molecule has 0 radical (unpaired) electrons. The largest absolute Gasteiger partial charge is 0.508 e. The van der Waals surface area contributed by atoms with Gasteiger partial charge in [0, 0.05) is 5.41 Å². The van der Waals surface area contributed by atoms with E-state index < -0.39 is 11.5 Å². The lowest BCUT2D eigenvalue weighted by molar-refractivity contribution is -0.112. The number of aliphatic hydroxyl groups excluding tert-OH is 1. The van der Waals surface area contributed by atoms with Crippen LogP contribution in [0.4, 0.5) is 11.4 Å². The zero-order valence-corrected chi connectivity index (χ0v) is 13.7. The monoisotopic (exact) mass is 326 g/mol. The molecule has 5 heteroatoms. The third kappa shape index (κ3) is 4.36. The van der Waals surface area contributed by atoms with E-state index in [0.717, 1.165) is 0 Å². The zero-order valence-electron chi connectivity index (χ0n) is 13.7. The number of nitrogens with two attached hydrogens (primary N) is 1. The van der Waals surface area contributed by atoms with E-state index in [1.807, 2.05) is 13.8 Å². The molecule has 0 aliphatic heterocycles. The second-order valence-corrected chi connectivity index (χ2v) is 6.23. The summed E-state index contributed by atoms with van der Waals surface area (Å²) in [6, 6.07) is 13.3. The molecule has 0 heterocycles. The quantitative estimate of drug-likeness (QED) is 0.501. The van der Waals surface area contributed by atoms with Crippen LogP contribution in [-0.2, 0) is 4.79 Å². The van der Waals surface area contributed by atoms with Crippen molar-refractivity contribution < 1.29 is 15.0 Å². The van der Waals surface area contributed by atoms with Crippen molar-refractivity contribution in [1.29, 1.82) is 0 Å². The molecule has 2 aromatic carbocycles. The van der Waals surface area contributed by atoms with Gasteiger partial charge in [-0.2, -0.15) is 0 Å². The molecule has 2 rings (SSSR count). The third-order valence-electron chi connectivity index (χ3n) is 3.80. The number of phenols is 1. The fourth-order valence-corrected chi connectivity index (χ4v) is 2.25. The van der Waals surface area contributed by atoms with Gasteiger partial charge in [-0.1, -0.05) is 44.2 Å². The van der Waals surface area contributed by atoms with E-state index in [-0.39, 0.29) is 11.7 Å². The van der Waals surface area contributed by atoms with Gasteiger partial charge in [0.2, 0.25) is 5.91 Å². The highest BCUT2D eigenvalue weighted by Gasteiger charge is 2.26. The number of anilines is 2. The van der Waals surface area contributed by atoms with Gasteiger partial charge in [0.15, 0.2) is 0 Å². The van der Waals surface area contributed by atoms with E-state index >= 15 is 0 Å². The van der Waals surface area contributed by atoms with Crippen molar-refractivity contribution in [3.63, 3.8) is 0 Å². The van der Waals surface area contributed by atoms with Crippen molar-refractivity contribution in [2.75, 3.05) is 11.1 Å². The van der Waals surface area contributed by atoms with Gasteiger partial charge in [-0.25, -0.2) is 0 Å². The minimum atomic E-state index is -0.816. The molecular formula is C19H22N2O3. The van der Waals surface area contributed by atoms with E-state index in [9.17, 15) is 15.0 Å². The van der Waals surface area contributed by atoms with E-state index in [1.54, 1.807) is 42.5 Å². The Labute approximate surface area is 141 Å². The Morgan fingerprint density at radius 2 is 1.79 bits per heavy atom. The molecule has 0 unspecified atom stereocenters. The van der Waals surface area contributed by atoms with Crippen molar-refractivity contribution >= 4 is 17.3 Å². The number of para-hydroxylation sites is 2. The highest BCUT2D eigenvalue weighted by atomic mass is 16.3. The summed E-state index contributed by atoms with van der Waals surface area (Å²) in [6.07, 6.45) is 2.22. The number of carbonyl (C=O) groups excluding carboxylic acids is 1. The number of nitrogen functional groups attached to an aromatic ring is 1. The minimum Gasteiger partial charge on any atom is -0.508 e. The number of carbonyl (C=O) groups is 1. The maximum atomic E-state index is 12.0. The zero-order chi connectivity index (χ0) is 17.7. The number of benzene rings is 2. The molecule has 24 heavy (non-hydrogen) atoms. The second-order valence-electron chi connectivity index (χ2n) is 6.23. The number of hydrogen-bond donors (Lipinski definition) is 4. The van der Waals surface area contributed by atoms with Gasteiger partial charge in [0.1, 0.15) is 5.75 Å². The van der Waals surface area contributed by atoms with E-state index in [2.05, 4.69) is 5.32 Å². The van der Waals surface area contributed by atoms with Crippen LogP contribution in [0.1, 0.15) is 25.5 Å². The van der Waals surface area contributed by atoms with Crippen molar-refractivity contribution in [2.45, 2.75) is 20.0 Å². The molecule has 126 valence electrons. The number of aliphatic hydroxyl groups is 1. The van der Waals surface area contributed by atoms with Crippen LogP contribution in [0.5, 0.6) is 5.75 Å². The fraction of sp³-hybridized carbons (Fsp3) is 0.211. The van der Waals surface area contributed by atoms with E-state index in [1.165, 1.54) is 18.2 Å². The molecule has 0 aliphatic carbocycles. The molecule has 5 N–H and O–H groups in total. The molecule has 0 aromatic heterocycles. The maximum Gasteiger partial charge on any atom is 0.248 e. The highest BCUT2D eigenvalue weighted by molar-refractivity contribution is 6.01. The average Bonchev–Trinajstić information content (AvgIpc) is 2.55. The summed E-state index contributed by atoms with van der Waals surface area (Å²) in [6.45, 7) is 3.65. The number of aromatic hydroxyl groups is 1. The molecule has 0 saturated heterocycles. The molecular weight excluding hydrogens is 304 g/mol. The molecule has 2 aromatic rings. The van der Waals surface area contributed by atoms with E-state index in [4.69, 9.17) is 5.73 Å². The third-order valence-corrected chi connectivity index (χ3v) is 3.80. The number of amides is 1. The Kier molecular flexibility index (Phi) is 5.26. The van der Waals surface area contributed by atoms with Gasteiger partial charge in [0.05, 0.1) is 17.5 Å². The number of rotatable bonds is 5. The highest BCUT2D eigenvalue weighted by Crippen LogP contribution is 2.35. The topological polar surface area (TPSA) is 95.6 Å². The van der Waals surface area contributed by atoms with Crippen LogP contribution in [0.25, 0.3) is 0 Å². The second kappa shape index (κ2) is 7.19. The molecule has 0 aliphatic rings. The summed E-state index contributed by atoms with van der Waals surface area (Å²) in [5.41, 5.74) is 6.81. The van der Waals surface area contributed by atoms with Crippen LogP contribution in [0, 0.1) is 5.41 Å². The van der Waals surface area contributed by atoms with Crippen LogP contribution in [0.3, 0.4) is 0 Å². The predicted molar refractivity (Wildman–Crippen MR) is 95.5 cm³/mol. The number of nitrogens with one attached hydrogen (secondary N) is 1. The Bertz CT molecular complexity index is 737. The first kappa shape index (κ1) is 17.6. The lowest BCUT2D eigenvalue weighted by Crippen LogP contribution is -2.20. The van der Waals surface area contributed by atoms with Gasteiger partial charge in [-0.05, 0) is 35.9 Å². The summed E-state index contributed by atoms with van der Waals surface area (Å²) < 4.78 is 0. The lowest BCUT2D eigenvalue weighted by Gasteiger charge is -2.27. The van der Waals surface area contributed by atoms with Gasteiger partial charge in [-0.15, -0.1) is 0 Å². The Morgan fingerprint density at radius 1 is 1.17 bits per heavy atom. The Hall–Kier alpha value is -2.79. The van der Waals surface area contributed by atoms with Crippen LogP contribution >= 0.6 is 0 Å². The van der Waals surface area contributed by atoms with Crippen molar-refractivity contribution in [3.05, 3.63) is 66.2 Å². The fourth-order valence-electron chi connectivity index (χ4n) is 2.25. The molecule has 0 bridgehead atoms. The van der Waals surface area contributed by atoms with Crippen LogP contribution in [-0.4, -0.2) is 16.1 Å². The van der Waals surface area contributed by atoms with E-state index in [0.29, 0.717) is 16.9 Å². The first-order valence-corrected chi connectivity index (χ1v) is 7.61. The standard InChI is InChI=1S/C19H22N2O3/c1-19(2,18(24)13-7-9-14(22)10-8-13)12-11-17(23)21-16-6-4-3-5-15(16)20/h3-12,18,22,24H,20H2,1-2H3,(H,21,23)/b12-11+/t18-/m0/s1. The van der Waals surface area contributed by atoms with Gasteiger partial charge < -0.3 is 21.3 Å². The number of hydrogen-bond acceptors (Lipinski definition) is 4. The average molecular weight is 326 g/mol. The first-order valence-electron chi connectivity index (χ1n) is 7.61. The first-order chi connectivity index (χ1) is 11.3. The van der Waals surface area contributed by atoms with Crippen molar-refractivity contribution in [1.82, 2.24) is 0 Å². The molecule has 0 spiro atoms. The lowest BCUT2D eigenvalue weighted by atomic mass is 9.82. The van der Waals surface area contributed by atoms with Crippen molar-refractivity contribution in [2.24, 2.45) is 5.41 Å². The number of phenolic OH excluding ortho intramolecular Hbond substituents is 1. The summed E-state index contributed by atoms with van der Waals surface area (Å²) in [5.74, 6) is -0.182. The maximum absolute atomic E-state index is 12.0. The molecule has 1 amide bonds. The van der Waals surface area contributed by atoms with Crippen LogP contribution in [0.2, 0.25) is 0 Å². The molecule has 0 saturated carbocycles. The minimum absolute atomic E-state index is 0.138. The summed E-state index contributed by atoms with van der Waals surface area (Å²) >= 11 is 0. The Balaban J connectivity index is 2.07. The molecule has 0 fully saturated rings. The van der Waals surface area contributed by atoms with Gasteiger partial charge in [0.25, 0.3) is 0 Å². The van der Waals surface area contributed by atoms with Gasteiger partial charge >= 0.3 is 0 Å². The Morgan fingerprint density at radius 3 is 2.42 bits per heavy atom. The van der Waals surface area contributed by atoms with Crippen LogP contribution in [0.15, 0.2) is 60.7 Å². The van der Waals surface area contributed by atoms with Gasteiger partial charge in [-0.3, -0.25) is 4.79 Å². The molecule has 5 nitrogen and oxygen atoms in total. The summed E-state index contributed by atoms with van der Waals surface area (Å²) in [4.78, 5) is 12.0. The van der Waals surface area contributed by atoms with Crippen LogP contribution < -0.4 is 11.1 Å². The normalized spacial score (nSPS) is 13.0. The molecule has 1 atom stereocenters. The predicted octanol–water partition coefficient (Wildman–Crippen LogP) is 3.23. The smallest absolute Gasteiger partial charge is 0.248 e. The summed E-state index contributed by atoms with van der Waals surface area (Å²) in [7, 11) is 0.